The number of rotatable bonds is 4. The van der Waals surface area contributed by atoms with Gasteiger partial charge in [-0.2, -0.15) is 0 Å². The van der Waals surface area contributed by atoms with Gasteiger partial charge in [0.15, 0.2) is 0 Å². The van der Waals surface area contributed by atoms with Crippen LogP contribution in [0.3, 0.4) is 0 Å². The van der Waals surface area contributed by atoms with Crippen LogP contribution in [-0.2, 0) is 16.1 Å². The average molecular weight is 328 g/mol. The lowest BCUT2D eigenvalue weighted by molar-refractivity contribution is -0.135. The number of carbonyl (C=O) groups is 2. The van der Waals surface area contributed by atoms with E-state index in [1.807, 2.05) is 42.8 Å². The molecule has 4 nitrogen and oxygen atoms in total. The van der Waals surface area contributed by atoms with Gasteiger partial charge in [-0.15, -0.1) is 11.3 Å². The van der Waals surface area contributed by atoms with Gasteiger partial charge in [-0.25, -0.2) is 0 Å². The molecule has 1 aliphatic rings. The summed E-state index contributed by atoms with van der Waals surface area (Å²) in [6, 6.07) is 11.6. The second kappa shape index (κ2) is 6.54. The van der Waals surface area contributed by atoms with Crippen LogP contribution in [0.5, 0.6) is 0 Å². The first kappa shape index (κ1) is 15.7. The van der Waals surface area contributed by atoms with Crippen molar-refractivity contribution >= 4 is 28.8 Å². The number of carbonyl (C=O) groups excluding carboxylic acids is 2. The predicted octanol–water partition coefficient (Wildman–Crippen LogP) is 3.07. The van der Waals surface area contributed by atoms with Crippen LogP contribution >= 0.6 is 11.3 Å². The summed E-state index contributed by atoms with van der Waals surface area (Å²) in [4.78, 5) is 29.6. The Labute approximate surface area is 140 Å². The molecule has 23 heavy (non-hydrogen) atoms. The second-order valence-corrected chi connectivity index (χ2v) is 6.96. The van der Waals surface area contributed by atoms with Crippen LogP contribution < -0.4 is 4.90 Å². The molecule has 2 aromatic rings. The first-order valence-corrected chi connectivity index (χ1v) is 8.57. The van der Waals surface area contributed by atoms with E-state index in [2.05, 4.69) is 13.0 Å². The van der Waals surface area contributed by atoms with Crippen molar-refractivity contribution < 1.29 is 9.59 Å². The Hall–Kier alpha value is -2.14. The maximum absolute atomic E-state index is 12.7. The van der Waals surface area contributed by atoms with Gasteiger partial charge in [0.25, 0.3) is 0 Å². The molecule has 0 saturated carbocycles. The minimum absolute atomic E-state index is 0.0234. The van der Waals surface area contributed by atoms with E-state index in [1.54, 1.807) is 21.1 Å². The van der Waals surface area contributed by atoms with Crippen LogP contribution in [0.2, 0.25) is 0 Å². The number of hydrogen-bond acceptors (Lipinski definition) is 3. The van der Waals surface area contributed by atoms with Crippen molar-refractivity contribution in [2.45, 2.75) is 19.9 Å². The number of aryl methyl sites for hydroxylation is 1. The van der Waals surface area contributed by atoms with Gasteiger partial charge in [0.05, 0.1) is 12.5 Å². The number of amides is 2. The van der Waals surface area contributed by atoms with E-state index in [4.69, 9.17) is 0 Å². The highest BCUT2D eigenvalue weighted by molar-refractivity contribution is 7.10. The van der Waals surface area contributed by atoms with Gasteiger partial charge in [0.1, 0.15) is 0 Å². The average Bonchev–Trinajstić information content (AvgIpc) is 3.14. The van der Waals surface area contributed by atoms with Crippen LogP contribution in [0.4, 0.5) is 5.69 Å². The maximum atomic E-state index is 12.7. The van der Waals surface area contributed by atoms with Gasteiger partial charge in [-0.1, -0.05) is 18.2 Å². The van der Waals surface area contributed by atoms with Crippen molar-refractivity contribution in [3.8, 4) is 0 Å². The molecule has 1 atom stereocenters. The quantitative estimate of drug-likeness (QED) is 0.865. The Bertz CT molecular complexity index is 711. The van der Waals surface area contributed by atoms with Crippen LogP contribution in [0, 0.1) is 12.8 Å². The fourth-order valence-corrected chi connectivity index (χ4v) is 3.86. The fraction of sp³-hybridized carbons (Fsp3) is 0.333. The molecule has 0 aliphatic carbocycles. The molecular weight excluding hydrogens is 308 g/mol. The number of benzene rings is 1. The van der Waals surface area contributed by atoms with Crippen LogP contribution in [0.25, 0.3) is 0 Å². The zero-order chi connectivity index (χ0) is 16.4. The number of para-hydroxylation sites is 1. The fourth-order valence-electron chi connectivity index (χ4n) is 2.90. The van der Waals surface area contributed by atoms with Gasteiger partial charge >= 0.3 is 0 Å². The van der Waals surface area contributed by atoms with Crippen LogP contribution in [0.1, 0.15) is 16.9 Å². The number of nitrogens with zero attached hydrogens (tertiary/aromatic N) is 2. The molecule has 2 heterocycles. The van der Waals surface area contributed by atoms with Gasteiger partial charge < -0.3 is 9.80 Å². The molecule has 1 aromatic carbocycles. The molecule has 1 aliphatic heterocycles. The van der Waals surface area contributed by atoms with Crippen molar-refractivity contribution in [2.75, 3.05) is 18.5 Å². The standard InChI is InChI=1S/C18H20N2O2S/c1-13-8-9-23-16(13)12-19(2)18(22)14-10-17(21)20(11-14)15-6-4-3-5-7-15/h3-9,14H,10-12H2,1-2H3. The molecule has 1 aromatic heterocycles. The molecule has 3 rings (SSSR count). The van der Waals surface area contributed by atoms with E-state index in [0.29, 0.717) is 19.5 Å². The van der Waals surface area contributed by atoms with Crippen molar-refractivity contribution in [3.63, 3.8) is 0 Å². The number of thiophene rings is 1. The Morgan fingerprint density at radius 3 is 2.70 bits per heavy atom. The molecule has 0 N–H and O–H groups in total. The summed E-state index contributed by atoms with van der Waals surface area (Å²) in [6.07, 6.45) is 0.293. The van der Waals surface area contributed by atoms with Crippen molar-refractivity contribution in [1.29, 1.82) is 0 Å². The lowest BCUT2D eigenvalue weighted by Crippen LogP contribution is -2.34. The molecule has 1 fully saturated rings. The highest BCUT2D eigenvalue weighted by Crippen LogP contribution is 2.26. The first-order valence-electron chi connectivity index (χ1n) is 7.69. The Morgan fingerprint density at radius 2 is 2.04 bits per heavy atom. The summed E-state index contributed by atoms with van der Waals surface area (Å²) in [5.74, 6) is -0.187. The monoisotopic (exact) mass is 328 g/mol. The molecule has 1 saturated heterocycles. The summed E-state index contributed by atoms with van der Waals surface area (Å²) < 4.78 is 0. The second-order valence-electron chi connectivity index (χ2n) is 5.96. The number of anilines is 1. The minimum atomic E-state index is -0.257. The van der Waals surface area contributed by atoms with Crippen LogP contribution in [-0.4, -0.2) is 30.3 Å². The lowest BCUT2D eigenvalue weighted by atomic mass is 10.1. The highest BCUT2D eigenvalue weighted by Gasteiger charge is 2.36. The molecule has 0 radical (unpaired) electrons. The molecule has 5 heteroatoms. The third kappa shape index (κ3) is 3.29. The predicted molar refractivity (Wildman–Crippen MR) is 92.4 cm³/mol. The summed E-state index contributed by atoms with van der Waals surface area (Å²) in [5.41, 5.74) is 2.08. The number of hydrogen-bond donors (Lipinski definition) is 0. The highest BCUT2D eigenvalue weighted by atomic mass is 32.1. The summed E-state index contributed by atoms with van der Waals surface area (Å²) in [6.45, 7) is 3.13. The van der Waals surface area contributed by atoms with Gasteiger partial charge in [-0.3, -0.25) is 9.59 Å². The van der Waals surface area contributed by atoms with E-state index < -0.39 is 0 Å². The molecule has 120 valence electrons. The summed E-state index contributed by atoms with van der Waals surface area (Å²) in [5, 5.41) is 2.04. The Kier molecular flexibility index (Phi) is 4.48. The minimum Gasteiger partial charge on any atom is -0.340 e. The van der Waals surface area contributed by atoms with Gasteiger partial charge in [0.2, 0.25) is 11.8 Å². The van der Waals surface area contributed by atoms with Crippen molar-refractivity contribution in [3.05, 3.63) is 52.2 Å². The zero-order valence-corrected chi connectivity index (χ0v) is 14.2. The van der Waals surface area contributed by atoms with Crippen LogP contribution in [0.15, 0.2) is 41.8 Å². The van der Waals surface area contributed by atoms with E-state index in [-0.39, 0.29) is 17.7 Å². The SMILES string of the molecule is Cc1ccsc1CN(C)C(=O)C1CC(=O)N(c2ccccc2)C1. The Morgan fingerprint density at radius 1 is 1.30 bits per heavy atom. The Balaban J connectivity index is 1.67. The van der Waals surface area contributed by atoms with Gasteiger partial charge in [-0.05, 0) is 36.1 Å². The summed E-state index contributed by atoms with van der Waals surface area (Å²) >= 11 is 1.66. The molecular formula is C18H20N2O2S. The van der Waals surface area contributed by atoms with E-state index in [1.165, 1.54) is 10.4 Å². The zero-order valence-electron chi connectivity index (χ0n) is 13.4. The molecule has 0 bridgehead atoms. The van der Waals surface area contributed by atoms with E-state index >= 15 is 0 Å². The lowest BCUT2D eigenvalue weighted by Gasteiger charge is -2.21. The maximum Gasteiger partial charge on any atom is 0.228 e. The summed E-state index contributed by atoms with van der Waals surface area (Å²) in [7, 11) is 1.82. The topological polar surface area (TPSA) is 40.6 Å². The van der Waals surface area contributed by atoms with Gasteiger partial charge in [0, 0.05) is 30.6 Å². The van der Waals surface area contributed by atoms with Crippen molar-refractivity contribution in [1.82, 2.24) is 4.90 Å². The smallest absolute Gasteiger partial charge is 0.228 e. The third-order valence-electron chi connectivity index (χ3n) is 4.27. The molecule has 1 unspecified atom stereocenters. The van der Waals surface area contributed by atoms with E-state index in [0.717, 1.165) is 5.69 Å². The van der Waals surface area contributed by atoms with E-state index in [9.17, 15) is 9.59 Å². The normalized spacial score (nSPS) is 17.6. The molecule has 2 amide bonds. The first-order chi connectivity index (χ1) is 11.1. The molecule has 0 spiro atoms. The third-order valence-corrected chi connectivity index (χ3v) is 5.28. The van der Waals surface area contributed by atoms with Crippen molar-refractivity contribution in [2.24, 2.45) is 5.92 Å². The largest absolute Gasteiger partial charge is 0.340 e.